The van der Waals surface area contributed by atoms with E-state index in [4.69, 9.17) is 21.6 Å². The second-order valence-corrected chi connectivity index (χ2v) is 3.99. The van der Waals surface area contributed by atoms with E-state index in [0.717, 1.165) is 11.4 Å². The number of nitrogens with zero attached hydrogens (tertiary/aromatic N) is 4. The van der Waals surface area contributed by atoms with E-state index in [1.54, 1.807) is 23.9 Å². The zero-order valence-corrected chi connectivity index (χ0v) is 10.8. The van der Waals surface area contributed by atoms with E-state index in [1.165, 1.54) is 0 Å². The van der Waals surface area contributed by atoms with Crippen molar-refractivity contribution >= 4 is 11.6 Å². The summed E-state index contributed by atoms with van der Waals surface area (Å²) in [5, 5.41) is 17.2. The highest BCUT2D eigenvalue weighted by Crippen LogP contribution is 2.27. The van der Waals surface area contributed by atoms with Gasteiger partial charge in [-0.15, -0.1) is 5.10 Å². The Morgan fingerprint density at radius 3 is 2.83 bits per heavy atom. The molecular formula is C12H11ClN4O. The van der Waals surface area contributed by atoms with Gasteiger partial charge in [-0.05, 0) is 24.6 Å². The van der Waals surface area contributed by atoms with Crippen LogP contribution in [0.15, 0.2) is 18.2 Å². The summed E-state index contributed by atoms with van der Waals surface area (Å²) in [6, 6.07) is 7.33. The van der Waals surface area contributed by atoms with Crippen molar-refractivity contribution < 1.29 is 4.74 Å². The van der Waals surface area contributed by atoms with Crippen molar-refractivity contribution in [3.8, 4) is 17.5 Å². The maximum atomic E-state index is 8.93. The molecule has 1 aromatic carbocycles. The molecule has 0 spiro atoms. The highest BCUT2D eigenvalue weighted by atomic mass is 35.5. The third-order valence-electron chi connectivity index (χ3n) is 2.58. The molecule has 0 saturated heterocycles. The third kappa shape index (κ3) is 2.03. The van der Waals surface area contributed by atoms with E-state index in [2.05, 4.69) is 10.3 Å². The number of benzene rings is 1. The van der Waals surface area contributed by atoms with Crippen LogP contribution in [0.4, 0.5) is 0 Å². The lowest BCUT2D eigenvalue weighted by molar-refractivity contribution is 0.415. The Kier molecular flexibility index (Phi) is 3.49. The number of rotatable bonds is 3. The Morgan fingerprint density at radius 2 is 2.28 bits per heavy atom. The maximum absolute atomic E-state index is 8.93. The van der Waals surface area contributed by atoms with Gasteiger partial charge in [0.25, 0.3) is 0 Å². The zero-order chi connectivity index (χ0) is 13.1. The van der Waals surface area contributed by atoms with Crippen molar-refractivity contribution in [1.29, 1.82) is 5.26 Å². The molecule has 0 N–H and O–H groups in total. The minimum absolute atomic E-state index is 0.337. The highest BCUT2D eigenvalue weighted by Gasteiger charge is 2.13. The van der Waals surface area contributed by atoms with Crippen molar-refractivity contribution in [2.45, 2.75) is 13.3 Å². The number of aromatic nitrogens is 3. The van der Waals surface area contributed by atoms with Gasteiger partial charge in [-0.1, -0.05) is 23.7 Å². The fourth-order valence-electron chi connectivity index (χ4n) is 1.70. The molecule has 1 aromatic heterocycles. The monoisotopic (exact) mass is 262 g/mol. The van der Waals surface area contributed by atoms with Gasteiger partial charge in [-0.3, -0.25) is 0 Å². The molecule has 0 aliphatic heterocycles. The van der Waals surface area contributed by atoms with Gasteiger partial charge in [-0.25, -0.2) is 4.68 Å². The lowest BCUT2D eigenvalue weighted by Crippen LogP contribution is -2.02. The third-order valence-corrected chi connectivity index (χ3v) is 2.88. The minimum atomic E-state index is 0.337. The van der Waals surface area contributed by atoms with E-state index in [1.807, 2.05) is 19.1 Å². The Morgan fingerprint density at radius 1 is 1.50 bits per heavy atom. The first-order valence-electron chi connectivity index (χ1n) is 5.39. The van der Waals surface area contributed by atoms with E-state index in [9.17, 15) is 0 Å². The molecule has 18 heavy (non-hydrogen) atoms. The number of ether oxygens (including phenoxy) is 1. The molecule has 0 unspecified atom stereocenters. The summed E-state index contributed by atoms with van der Waals surface area (Å²) in [6.45, 7) is 1.95. The molecule has 6 heteroatoms. The summed E-state index contributed by atoms with van der Waals surface area (Å²) in [6.07, 6.45) is 0.666. The van der Waals surface area contributed by atoms with Gasteiger partial charge in [-0.2, -0.15) is 5.26 Å². The molecule has 0 aliphatic rings. The fourth-order valence-corrected chi connectivity index (χ4v) is 1.95. The zero-order valence-electron chi connectivity index (χ0n) is 10.0. The van der Waals surface area contributed by atoms with Gasteiger partial charge in [0.1, 0.15) is 11.8 Å². The summed E-state index contributed by atoms with van der Waals surface area (Å²) >= 11 is 6.06. The Hall–Kier alpha value is -2.06. The smallest absolute Gasteiger partial charge is 0.186 e. The second kappa shape index (κ2) is 5.07. The van der Waals surface area contributed by atoms with Gasteiger partial charge in [0, 0.05) is 0 Å². The average Bonchev–Trinajstić information content (AvgIpc) is 2.81. The predicted molar refractivity (Wildman–Crippen MR) is 67.0 cm³/mol. The molecule has 0 amide bonds. The number of methoxy groups -OCH3 is 1. The molecule has 92 valence electrons. The summed E-state index contributed by atoms with van der Waals surface area (Å²) < 4.78 is 6.70. The second-order valence-electron chi connectivity index (χ2n) is 3.58. The first kappa shape index (κ1) is 12.4. The van der Waals surface area contributed by atoms with E-state index < -0.39 is 0 Å². The molecule has 0 bridgehead atoms. The summed E-state index contributed by atoms with van der Waals surface area (Å²) in [4.78, 5) is 0. The normalized spacial score (nSPS) is 10.1. The van der Waals surface area contributed by atoms with Crippen LogP contribution in [-0.4, -0.2) is 22.1 Å². The van der Waals surface area contributed by atoms with Crippen molar-refractivity contribution in [1.82, 2.24) is 15.0 Å². The molecule has 0 fully saturated rings. The lowest BCUT2D eigenvalue weighted by Gasteiger charge is -2.07. The molecule has 0 radical (unpaired) electrons. The summed E-state index contributed by atoms with van der Waals surface area (Å²) in [5.41, 5.74) is 1.86. The van der Waals surface area contributed by atoms with E-state index >= 15 is 0 Å². The Balaban J connectivity index is 2.53. The van der Waals surface area contributed by atoms with Crippen molar-refractivity contribution in [3.05, 3.63) is 34.6 Å². The van der Waals surface area contributed by atoms with Crippen LogP contribution in [0.5, 0.6) is 5.75 Å². The molecule has 2 aromatic rings. The van der Waals surface area contributed by atoms with Crippen LogP contribution in [-0.2, 0) is 6.42 Å². The number of nitriles is 1. The molecule has 1 heterocycles. The molecule has 2 rings (SSSR count). The van der Waals surface area contributed by atoms with Crippen molar-refractivity contribution in [2.24, 2.45) is 0 Å². The first-order chi connectivity index (χ1) is 8.71. The summed E-state index contributed by atoms with van der Waals surface area (Å²) in [5.74, 6) is 0.596. The predicted octanol–water partition coefficient (Wildman–Crippen LogP) is 2.36. The molecular weight excluding hydrogens is 252 g/mol. The lowest BCUT2D eigenvalue weighted by atomic mass is 10.2. The molecule has 0 atom stereocenters. The van der Waals surface area contributed by atoms with Crippen LogP contribution >= 0.6 is 11.6 Å². The van der Waals surface area contributed by atoms with Crippen molar-refractivity contribution in [2.75, 3.05) is 7.11 Å². The minimum Gasteiger partial charge on any atom is -0.495 e. The number of halogens is 1. The largest absolute Gasteiger partial charge is 0.495 e. The van der Waals surface area contributed by atoms with Gasteiger partial charge in [0.15, 0.2) is 5.69 Å². The standard InChI is InChI=1S/C12H11ClN4O/c1-3-11-10(7-14)15-16-17(11)8-4-5-12(18-2)9(13)6-8/h4-6H,3H2,1-2H3. The Bertz CT molecular complexity index is 615. The van der Waals surface area contributed by atoms with Crippen LogP contribution in [0.25, 0.3) is 5.69 Å². The average molecular weight is 263 g/mol. The van der Waals surface area contributed by atoms with Crippen molar-refractivity contribution in [3.63, 3.8) is 0 Å². The maximum Gasteiger partial charge on any atom is 0.186 e. The van der Waals surface area contributed by atoms with Crippen LogP contribution in [0.2, 0.25) is 5.02 Å². The fraction of sp³-hybridized carbons (Fsp3) is 0.250. The highest BCUT2D eigenvalue weighted by molar-refractivity contribution is 6.32. The van der Waals surface area contributed by atoms with E-state index in [-0.39, 0.29) is 0 Å². The SMILES string of the molecule is CCc1c(C#N)nnn1-c1ccc(OC)c(Cl)c1. The topological polar surface area (TPSA) is 63.7 Å². The van der Waals surface area contributed by atoms with Gasteiger partial charge in [0.2, 0.25) is 0 Å². The first-order valence-corrected chi connectivity index (χ1v) is 5.77. The molecule has 0 aliphatic carbocycles. The number of hydrogen-bond donors (Lipinski definition) is 0. The van der Waals surface area contributed by atoms with Gasteiger partial charge in [0.05, 0.1) is 23.5 Å². The van der Waals surface area contributed by atoms with Gasteiger partial charge < -0.3 is 4.74 Å². The Labute approximate surface area is 110 Å². The van der Waals surface area contributed by atoms with Gasteiger partial charge >= 0.3 is 0 Å². The van der Waals surface area contributed by atoms with Crippen LogP contribution < -0.4 is 4.74 Å². The van der Waals surface area contributed by atoms with Crippen LogP contribution in [0, 0.1) is 11.3 Å². The number of hydrogen-bond acceptors (Lipinski definition) is 4. The van der Waals surface area contributed by atoms with Crippen LogP contribution in [0.3, 0.4) is 0 Å². The quantitative estimate of drug-likeness (QED) is 0.852. The van der Waals surface area contributed by atoms with Crippen LogP contribution in [0.1, 0.15) is 18.3 Å². The van der Waals surface area contributed by atoms with E-state index in [0.29, 0.717) is 22.9 Å². The molecule has 0 saturated carbocycles. The molecule has 5 nitrogen and oxygen atoms in total. The summed E-state index contributed by atoms with van der Waals surface area (Å²) in [7, 11) is 1.56.